The number of halogens is 1. The third-order valence-electron chi connectivity index (χ3n) is 2.29. The molecule has 116 valence electrons. The predicted molar refractivity (Wildman–Crippen MR) is 83.8 cm³/mol. The van der Waals surface area contributed by atoms with Crippen molar-refractivity contribution in [2.24, 2.45) is 10.9 Å². The van der Waals surface area contributed by atoms with E-state index >= 15 is 0 Å². The third kappa shape index (κ3) is 5.63. The van der Waals surface area contributed by atoms with Crippen LogP contribution in [0, 0.1) is 0 Å². The molecule has 0 amide bonds. The SMILES string of the molecule is CCOc1cc(C=NN)c(Br)cc1OCC(=O)OC(C)C. The Morgan fingerprint density at radius 1 is 1.38 bits per heavy atom. The highest BCUT2D eigenvalue weighted by Gasteiger charge is 2.13. The number of carbonyl (C=O) groups excluding carboxylic acids is 1. The zero-order valence-electron chi connectivity index (χ0n) is 12.3. The lowest BCUT2D eigenvalue weighted by Gasteiger charge is -2.14. The minimum absolute atomic E-state index is 0.178. The lowest BCUT2D eigenvalue weighted by molar-refractivity contribution is -0.149. The van der Waals surface area contributed by atoms with Gasteiger partial charge in [0, 0.05) is 10.0 Å². The van der Waals surface area contributed by atoms with Gasteiger partial charge in [-0.05, 0) is 48.8 Å². The summed E-state index contributed by atoms with van der Waals surface area (Å²) in [5.74, 6) is 5.67. The summed E-state index contributed by atoms with van der Waals surface area (Å²) >= 11 is 3.38. The Balaban J connectivity index is 2.89. The quantitative estimate of drug-likeness (QED) is 0.350. The fourth-order valence-electron chi connectivity index (χ4n) is 1.54. The Bertz CT molecular complexity index is 518. The van der Waals surface area contributed by atoms with Crippen LogP contribution < -0.4 is 15.3 Å². The monoisotopic (exact) mass is 358 g/mol. The van der Waals surface area contributed by atoms with Crippen molar-refractivity contribution in [1.82, 2.24) is 0 Å². The van der Waals surface area contributed by atoms with Crippen LogP contribution in [-0.2, 0) is 9.53 Å². The van der Waals surface area contributed by atoms with Gasteiger partial charge in [0.2, 0.25) is 0 Å². The Labute approximate surface area is 132 Å². The van der Waals surface area contributed by atoms with E-state index in [-0.39, 0.29) is 12.7 Å². The summed E-state index contributed by atoms with van der Waals surface area (Å²) in [7, 11) is 0. The van der Waals surface area contributed by atoms with Gasteiger partial charge >= 0.3 is 5.97 Å². The van der Waals surface area contributed by atoms with Gasteiger partial charge in [-0.1, -0.05) is 0 Å². The highest BCUT2D eigenvalue weighted by Crippen LogP contribution is 2.33. The van der Waals surface area contributed by atoms with E-state index < -0.39 is 5.97 Å². The van der Waals surface area contributed by atoms with E-state index in [4.69, 9.17) is 20.1 Å². The van der Waals surface area contributed by atoms with Crippen LogP contribution in [0.3, 0.4) is 0 Å². The smallest absolute Gasteiger partial charge is 0.344 e. The summed E-state index contributed by atoms with van der Waals surface area (Å²) in [4.78, 5) is 11.5. The molecule has 0 aromatic heterocycles. The van der Waals surface area contributed by atoms with E-state index in [0.29, 0.717) is 18.1 Å². The molecule has 0 fully saturated rings. The second kappa shape index (κ2) is 8.51. The number of hydrogen-bond acceptors (Lipinski definition) is 6. The largest absolute Gasteiger partial charge is 0.490 e. The first-order chi connectivity index (χ1) is 9.97. The van der Waals surface area contributed by atoms with Gasteiger partial charge in [-0.15, -0.1) is 0 Å². The number of esters is 1. The van der Waals surface area contributed by atoms with Crippen LogP contribution >= 0.6 is 15.9 Å². The summed E-state index contributed by atoms with van der Waals surface area (Å²) in [5, 5.41) is 3.48. The number of nitrogens with zero attached hydrogens (tertiary/aromatic N) is 1. The molecule has 0 aliphatic rings. The first-order valence-corrected chi connectivity index (χ1v) is 7.29. The molecule has 0 atom stereocenters. The van der Waals surface area contributed by atoms with Gasteiger partial charge in [-0.25, -0.2) is 4.79 Å². The number of hydrazone groups is 1. The number of carbonyl (C=O) groups is 1. The average molecular weight is 359 g/mol. The Morgan fingerprint density at radius 2 is 2.05 bits per heavy atom. The molecule has 0 saturated carbocycles. The van der Waals surface area contributed by atoms with Gasteiger partial charge in [0.15, 0.2) is 18.1 Å². The molecule has 6 nitrogen and oxygen atoms in total. The molecule has 0 aliphatic heterocycles. The van der Waals surface area contributed by atoms with Gasteiger partial charge < -0.3 is 20.1 Å². The van der Waals surface area contributed by atoms with Crippen molar-refractivity contribution in [3.05, 3.63) is 22.2 Å². The lowest BCUT2D eigenvalue weighted by atomic mass is 10.2. The van der Waals surface area contributed by atoms with E-state index in [0.717, 1.165) is 10.0 Å². The molecule has 0 spiro atoms. The maximum Gasteiger partial charge on any atom is 0.344 e. The second-order valence-corrected chi connectivity index (χ2v) is 5.21. The number of nitrogens with two attached hydrogens (primary N) is 1. The fraction of sp³-hybridized carbons (Fsp3) is 0.429. The van der Waals surface area contributed by atoms with Gasteiger partial charge in [-0.2, -0.15) is 5.10 Å². The first kappa shape index (κ1) is 17.3. The molecule has 0 aliphatic carbocycles. The average Bonchev–Trinajstić information content (AvgIpc) is 2.40. The molecule has 0 unspecified atom stereocenters. The zero-order chi connectivity index (χ0) is 15.8. The number of benzene rings is 1. The maximum atomic E-state index is 11.5. The highest BCUT2D eigenvalue weighted by atomic mass is 79.9. The van der Waals surface area contributed by atoms with Crippen molar-refractivity contribution in [3.8, 4) is 11.5 Å². The molecule has 1 rings (SSSR count). The molecular weight excluding hydrogens is 340 g/mol. The minimum atomic E-state index is -0.434. The van der Waals surface area contributed by atoms with Crippen LogP contribution in [0.4, 0.5) is 0 Å². The van der Waals surface area contributed by atoms with Crippen LogP contribution in [0.15, 0.2) is 21.7 Å². The van der Waals surface area contributed by atoms with Crippen molar-refractivity contribution in [2.45, 2.75) is 26.9 Å². The van der Waals surface area contributed by atoms with Crippen LogP contribution in [0.1, 0.15) is 26.3 Å². The van der Waals surface area contributed by atoms with Crippen molar-refractivity contribution in [1.29, 1.82) is 0 Å². The molecule has 0 bridgehead atoms. The van der Waals surface area contributed by atoms with Crippen molar-refractivity contribution < 1.29 is 19.0 Å². The fourth-order valence-corrected chi connectivity index (χ4v) is 1.97. The van der Waals surface area contributed by atoms with Crippen molar-refractivity contribution in [2.75, 3.05) is 13.2 Å². The Morgan fingerprint density at radius 3 is 2.62 bits per heavy atom. The van der Waals surface area contributed by atoms with Crippen molar-refractivity contribution in [3.63, 3.8) is 0 Å². The van der Waals surface area contributed by atoms with E-state index in [1.54, 1.807) is 26.0 Å². The predicted octanol–water partition coefficient (Wildman–Crippen LogP) is 2.47. The van der Waals surface area contributed by atoms with Gasteiger partial charge in [-0.3, -0.25) is 0 Å². The number of hydrogen-bond donors (Lipinski definition) is 1. The number of ether oxygens (including phenoxy) is 3. The van der Waals surface area contributed by atoms with E-state index in [2.05, 4.69) is 21.0 Å². The molecule has 1 aromatic rings. The van der Waals surface area contributed by atoms with E-state index in [1.807, 2.05) is 6.92 Å². The maximum absolute atomic E-state index is 11.5. The second-order valence-electron chi connectivity index (χ2n) is 4.36. The van der Waals surface area contributed by atoms with E-state index in [1.165, 1.54) is 6.21 Å². The molecule has 7 heteroatoms. The summed E-state index contributed by atoms with van der Waals surface area (Å²) in [6.07, 6.45) is 1.31. The zero-order valence-corrected chi connectivity index (χ0v) is 13.8. The first-order valence-electron chi connectivity index (χ1n) is 6.49. The summed E-state index contributed by atoms with van der Waals surface area (Å²) in [6.45, 7) is 5.69. The summed E-state index contributed by atoms with van der Waals surface area (Å²) < 4.78 is 16.7. The number of rotatable bonds is 7. The highest BCUT2D eigenvalue weighted by molar-refractivity contribution is 9.10. The molecule has 1 aromatic carbocycles. The van der Waals surface area contributed by atoms with Crippen LogP contribution in [0.25, 0.3) is 0 Å². The molecule has 0 saturated heterocycles. The normalized spacial score (nSPS) is 10.9. The van der Waals surface area contributed by atoms with Crippen LogP contribution in [-0.4, -0.2) is 31.5 Å². The topological polar surface area (TPSA) is 83.1 Å². The molecular formula is C14H19BrN2O4. The van der Waals surface area contributed by atoms with Crippen LogP contribution in [0.2, 0.25) is 0 Å². The van der Waals surface area contributed by atoms with Crippen molar-refractivity contribution >= 4 is 28.1 Å². The molecule has 21 heavy (non-hydrogen) atoms. The standard InChI is InChI=1S/C14H19BrN2O4/c1-4-19-12-5-10(7-17-16)11(15)6-13(12)20-8-14(18)21-9(2)3/h5-7,9H,4,8,16H2,1-3H3. The van der Waals surface area contributed by atoms with Crippen LogP contribution in [0.5, 0.6) is 11.5 Å². The minimum Gasteiger partial charge on any atom is -0.490 e. The summed E-state index contributed by atoms with van der Waals surface area (Å²) in [6, 6.07) is 3.43. The Kier molecular flexibility index (Phi) is 7.01. The van der Waals surface area contributed by atoms with Gasteiger partial charge in [0.05, 0.1) is 18.9 Å². The summed E-state index contributed by atoms with van der Waals surface area (Å²) in [5.41, 5.74) is 0.748. The Hall–Kier alpha value is -1.76. The van der Waals surface area contributed by atoms with Gasteiger partial charge in [0.25, 0.3) is 0 Å². The molecule has 0 heterocycles. The lowest BCUT2D eigenvalue weighted by Crippen LogP contribution is -2.19. The third-order valence-corrected chi connectivity index (χ3v) is 2.98. The van der Waals surface area contributed by atoms with Gasteiger partial charge in [0.1, 0.15) is 0 Å². The molecule has 0 radical (unpaired) electrons. The molecule has 2 N–H and O–H groups in total. The van der Waals surface area contributed by atoms with E-state index in [9.17, 15) is 4.79 Å².